The van der Waals surface area contributed by atoms with Crippen LogP contribution in [-0.2, 0) is 4.74 Å². The lowest BCUT2D eigenvalue weighted by Gasteiger charge is -2.40. The standard InChI is InChI=1S/C14H16ClNO3/c1-16-13(10-7-8(15)5-6-11(10)17)9-3-2-4-12(9)19-14(16)18/h5-7,9,12-13,17H,2-4H2,1H3. The van der Waals surface area contributed by atoms with Crippen molar-refractivity contribution < 1.29 is 14.6 Å². The smallest absolute Gasteiger partial charge is 0.410 e. The highest BCUT2D eigenvalue weighted by Gasteiger charge is 2.45. The van der Waals surface area contributed by atoms with E-state index in [0.29, 0.717) is 10.6 Å². The van der Waals surface area contributed by atoms with Crippen LogP contribution in [0.2, 0.25) is 5.02 Å². The highest BCUT2D eigenvalue weighted by Crippen LogP contribution is 2.46. The summed E-state index contributed by atoms with van der Waals surface area (Å²) in [6.45, 7) is 0. The van der Waals surface area contributed by atoms with E-state index in [1.165, 1.54) is 0 Å². The average molecular weight is 282 g/mol. The number of nitrogens with zero attached hydrogens (tertiary/aromatic N) is 1. The van der Waals surface area contributed by atoms with Crippen molar-refractivity contribution in [3.05, 3.63) is 28.8 Å². The molecule has 3 rings (SSSR count). The molecule has 1 aromatic rings. The monoisotopic (exact) mass is 281 g/mol. The third-order valence-electron chi connectivity index (χ3n) is 4.17. The summed E-state index contributed by atoms with van der Waals surface area (Å²) in [6, 6.07) is 4.81. The fourth-order valence-electron chi connectivity index (χ4n) is 3.28. The molecule has 0 aromatic heterocycles. The van der Waals surface area contributed by atoms with E-state index in [2.05, 4.69) is 0 Å². The first-order chi connectivity index (χ1) is 9.08. The molecule has 102 valence electrons. The third kappa shape index (κ3) is 2.04. The van der Waals surface area contributed by atoms with Crippen LogP contribution in [0.3, 0.4) is 0 Å². The van der Waals surface area contributed by atoms with Gasteiger partial charge in [0.25, 0.3) is 0 Å². The molecule has 2 aliphatic rings. The number of phenolic OH excluding ortho intramolecular Hbond substituents is 1. The number of phenols is 1. The van der Waals surface area contributed by atoms with Crippen LogP contribution < -0.4 is 0 Å². The number of carbonyl (C=O) groups is 1. The molecular weight excluding hydrogens is 266 g/mol. The summed E-state index contributed by atoms with van der Waals surface area (Å²) in [5.74, 6) is 0.411. The molecular formula is C14H16ClNO3. The third-order valence-corrected chi connectivity index (χ3v) is 4.41. The predicted molar refractivity (Wildman–Crippen MR) is 71.2 cm³/mol. The normalized spacial score (nSPS) is 30.1. The van der Waals surface area contributed by atoms with Gasteiger partial charge in [-0.15, -0.1) is 0 Å². The molecule has 1 saturated heterocycles. The molecule has 3 unspecified atom stereocenters. The molecule has 2 fully saturated rings. The Labute approximate surface area is 116 Å². The number of ether oxygens (including phenoxy) is 1. The first kappa shape index (κ1) is 12.6. The molecule has 1 saturated carbocycles. The summed E-state index contributed by atoms with van der Waals surface area (Å²) in [4.78, 5) is 13.5. The minimum atomic E-state index is -0.326. The van der Waals surface area contributed by atoms with Crippen molar-refractivity contribution in [3.63, 3.8) is 0 Å². The van der Waals surface area contributed by atoms with Gasteiger partial charge >= 0.3 is 6.09 Å². The Morgan fingerprint density at radius 2 is 2.21 bits per heavy atom. The van der Waals surface area contributed by atoms with Gasteiger partial charge in [-0.3, -0.25) is 0 Å². The molecule has 0 bridgehead atoms. The molecule has 3 atom stereocenters. The lowest BCUT2D eigenvalue weighted by Crippen LogP contribution is -2.46. The van der Waals surface area contributed by atoms with Crippen molar-refractivity contribution in [2.45, 2.75) is 31.4 Å². The highest BCUT2D eigenvalue weighted by molar-refractivity contribution is 6.30. The second-order valence-corrected chi connectivity index (χ2v) is 5.71. The Bertz CT molecular complexity index is 519. The summed E-state index contributed by atoms with van der Waals surface area (Å²) in [6.07, 6.45) is 2.59. The average Bonchev–Trinajstić information content (AvgIpc) is 2.82. The van der Waals surface area contributed by atoms with Crippen molar-refractivity contribution in [1.29, 1.82) is 0 Å². The summed E-state index contributed by atoms with van der Waals surface area (Å²) in [5.41, 5.74) is 0.712. The van der Waals surface area contributed by atoms with Gasteiger partial charge in [0, 0.05) is 23.6 Å². The van der Waals surface area contributed by atoms with E-state index in [1.807, 2.05) is 0 Å². The van der Waals surface area contributed by atoms with Gasteiger partial charge in [0.1, 0.15) is 11.9 Å². The lowest BCUT2D eigenvalue weighted by atomic mass is 9.87. The van der Waals surface area contributed by atoms with Crippen LogP contribution in [0, 0.1) is 5.92 Å². The van der Waals surface area contributed by atoms with Crippen molar-refractivity contribution in [2.75, 3.05) is 7.05 Å². The maximum absolute atomic E-state index is 11.9. The first-order valence-electron chi connectivity index (χ1n) is 6.50. The zero-order chi connectivity index (χ0) is 13.6. The van der Waals surface area contributed by atoms with Crippen LogP contribution in [0.15, 0.2) is 18.2 Å². The molecule has 1 amide bonds. The number of hydrogen-bond donors (Lipinski definition) is 1. The van der Waals surface area contributed by atoms with Crippen LogP contribution >= 0.6 is 11.6 Å². The van der Waals surface area contributed by atoms with E-state index >= 15 is 0 Å². The molecule has 4 nitrogen and oxygen atoms in total. The van der Waals surface area contributed by atoms with Crippen molar-refractivity contribution in [2.24, 2.45) is 5.92 Å². The summed E-state index contributed by atoms with van der Waals surface area (Å²) < 4.78 is 5.42. The van der Waals surface area contributed by atoms with Crippen LogP contribution in [-0.4, -0.2) is 29.3 Å². The molecule has 0 radical (unpaired) electrons. The number of amides is 1. The quantitative estimate of drug-likeness (QED) is 0.859. The SMILES string of the molecule is CN1C(=O)OC2CCCC2C1c1cc(Cl)ccc1O. The van der Waals surface area contributed by atoms with Gasteiger partial charge < -0.3 is 14.7 Å². The molecule has 0 spiro atoms. The van der Waals surface area contributed by atoms with Crippen LogP contribution in [0.4, 0.5) is 4.79 Å². The van der Waals surface area contributed by atoms with Crippen molar-refractivity contribution in [1.82, 2.24) is 4.90 Å². The molecule has 5 heteroatoms. The van der Waals surface area contributed by atoms with E-state index in [-0.39, 0.29) is 29.9 Å². The summed E-state index contributed by atoms with van der Waals surface area (Å²) in [5, 5.41) is 10.6. The van der Waals surface area contributed by atoms with E-state index in [1.54, 1.807) is 30.1 Å². The topological polar surface area (TPSA) is 49.8 Å². The first-order valence-corrected chi connectivity index (χ1v) is 6.87. The Kier molecular flexibility index (Phi) is 3.05. The minimum absolute atomic E-state index is 0.0351. The number of hydrogen-bond acceptors (Lipinski definition) is 3. The zero-order valence-electron chi connectivity index (χ0n) is 10.7. The second-order valence-electron chi connectivity index (χ2n) is 5.28. The molecule has 1 heterocycles. The highest BCUT2D eigenvalue weighted by atomic mass is 35.5. The summed E-state index contributed by atoms with van der Waals surface area (Å²) >= 11 is 6.02. The number of carbonyl (C=O) groups excluding carboxylic acids is 1. The molecule has 1 N–H and O–H groups in total. The van der Waals surface area contributed by atoms with Gasteiger partial charge in [-0.25, -0.2) is 4.79 Å². The minimum Gasteiger partial charge on any atom is -0.508 e. The van der Waals surface area contributed by atoms with Crippen LogP contribution in [0.5, 0.6) is 5.75 Å². The number of fused-ring (bicyclic) bond motifs is 1. The number of aromatic hydroxyl groups is 1. The van der Waals surface area contributed by atoms with E-state index < -0.39 is 0 Å². The van der Waals surface area contributed by atoms with Crippen molar-refractivity contribution in [3.8, 4) is 5.75 Å². The summed E-state index contributed by atoms with van der Waals surface area (Å²) in [7, 11) is 1.71. The van der Waals surface area contributed by atoms with Gasteiger partial charge in [-0.2, -0.15) is 0 Å². The zero-order valence-corrected chi connectivity index (χ0v) is 11.4. The predicted octanol–water partition coefficient (Wildman–Crippen LogP) is 3.34. The molecule has 1 aliphatic heterocycles. The Morgan fingerprint density at radius 1 is 1.42 bits per heavy atom. The second kappa shape index (κ2) is 4.60. The maximum atomic E-state index is 11.9. The maximum Gasteiger partial charge on any atom is 0.410 e. The van der Waals surface area contributed by atoms with Gasteiger partial charge in [-0.05, 0) is 37.5 Å². The van der Waals surface area contributed by atoms with Gasteiger partial charge in [0.15, 0.2) is 0 Å². The Morgan fingerprint density at radius 3 is 3.00 bits per heavy atom. The van der Waals surface area contributed by atoms with E-state index in [4.69, 9.17) is 16.3 Å². The molecule has 19 heavy (non-hydrogen) atoms. The number of benzene rings is 1. The van der Waals surface area contributed by atoms with Gasteiger partial charge in [0.2, 0.25) is 0 Å². The van der Waals surface area contributed by atoms with Crippen LogP contribution in [0.1, 0.15) is 30.9 Å². The Hall–Kier alpha value is -1.42. The van der Waals surface area contributed by atoms with Gasteiger partial charge in [0.05, 0.1) is 6.04 Å². The molecule has 1 aliphatic carbocycles. The van der Waals surface area contributed by atoms with Crippen LogP contribution in [0.25, 0.3) is 0 Å². The number of rotatable bonds is 1. The fourth-order valence-corrected chi connectivity index (χ4v) is 3.46. The Balaban J connectivity index is 2.04. The van der Waals surface area contributed by atoms with E-state index in [9.17, 15) is 9.90 Å². The van der Waals surface area contributed by atoms with Crippen molar-refractivity contribution >= 4 is 17.7 Å². The van der Waals surface area contributed by atoms with E-state index in [0.717, 1.165) is 19.3 Å². The lowest BCUT2D eigenvalue weighted by molar-refractivity contribution is -0.0221. The fraction of sp³-hybridized carbons (Fsp3) is 0.500. The largest absolute Gasteiger partial charge is 0.508 e. The van der Waals surface area contributed by atoms with Gasteiger partial charge in [-0.1, -0.05) is 11.6 Å². The number of halogens is 1. The molecule has 1 aromatic carbocycles.